The first kappa shape index (κ1) is 33.8. The lowest BCUT2D eigenvalue weighted by atomic mass is 9.50. The third-order valence-electron chi connectivity index (χ3n) is 11.1. The van der Waals surface area contributed by atoms with Gasteiger partial charge in [-0.2, -0.15) is 12.6 Å². The number of allylic oxidation sites excluding steroid dienone is 2. The number of fused-ring (bicyclic) bond motifs is 2. The Hall–Kier alpha value is -1.70. The first-order valence-corrected chi connectivity index (χ1v) is 16.4. The minimum absolute atomic E-state index is 0.0848. The molecule has 41 heavy (non-hydrogen) atoms. The summed E-state index contributed by atoms with van der Waals surface area (Å²) in [6.45, 7) is 16.0. The summed E-state index contributed by atoms with van der Waals surface area (Å²) in [7, 11) is 0. The molecule has 4 saturated carbocycles. The molecule has 0 saturated heterocycles. The first-order valence-electron chi connectivity index (χ1n) is 15.5. The molecule has 4 fully saturated rings. The van der Waals surface area contributed by atoms with E-state index in [9.17, 15) is 19.5 Å². The summed E-state index contributed by atoms with van der Waals surface area (Å²) in [5.74, 6) is 0.887. The lowest BCUT2D eigenvalue weighted by Crippen LogP contribution is -2.48. The predicted molar refractivity (Wildman–Crippen MR) is 166 cm³/mol. The fourth-order valence-corrected chi connectivity index (χ4v) is 9.41. The zero-order valence-corrected chi connectivity index (χ0v) is 26.7. The summed E-state index contributed by atoms with van der Waals surface area (Å²) in [6.07, 6.45) is 13.5. The molecule has 6 nitrogen and oxygen atoms in total. The Bertz CT molecular complexity index is 1040. The summed E-state index contributed by atoms with van der Waals surface area (Å²) in [5, 5.41) is 11.0. The minimum Gasteiger partial charge on any atom is -0.462 e. The maximum Gasteiger partial charge on any atom is 0.302 e. The molecule has 0 aromatic rings. The largest absolute Gasteiger partial charge is 0.462 e. The highest BCUT2D eigenvalue weighted by atomic mass is 32.1. The number of carbonyl (C=O) groups is 3. The number of esters is 1. The van der Waals surface area contributed by atoms with Gasteiger partial charge in [0, 0.05) is 19.3 Å². The molecule has 0 aromatic heterocycles. The van der Waals surface area contributed by atoms with Crippen molar-refractivity contribution in [3.8, 4) is 0 Å². The number of Topliss-reactive ketones (excluding diaryl/α,β-unsaturated/α-hetero) is 1. The summed E-state index contributed by atoms with van der Waals surface area (Å²) >= 11 is 3.53. The predicted octanol–water partition coefficient (Wildman–Crippen LogP) is 6.33. The lowest BCUT2D eigenvalue weighted by Gasteiger charge is -2.54. The summed E-state index contributed by atoms with van der Waals surface area (Å²) in [6, 6.07) is 0. The van der Waals surface area contributed by atoms with Gasteiger partial charge >= 0.3 is 5.97 Å². The highest BCUT2D eigenvalue weighted by Crippen LogP contribution is 2.84. The smallest absolute Gasteiger partial charge is 0.302 e. The van der Waals surface area contributed by atoms with Gasteiger partial charge in [0.15, 0.2) is 11.6 Å². The van der Waals surface area contributed by atoms with Crippen LogP contribution in [0.4, 0.5) is 0 Å². The summed E-state index contributed by atoms with van der Waals surface area (Å²) in [4.78, 5) is 37.2. The van der Waals surface area contributed by atoms with Crippen molar-refractivity contribution in [3.63, 3.8) is 0 Å². The van der Waals surface area contributed by atoms with Gasteiger partial charge in [0.05, 0.1) is 13.2 Å². The molecular weight excluding hydrogens is 536 g/mol. The molecule has 0 aromatic carbocycles. The van der Waals surface area contributed by atoms with E-state index >= 15 is 0 Å². The van der Waals surface area contributed by atoms with Crippen molar-refractivity contribution < 1.29 is 29.0 Å². The molecule has 0 heterocycles. The molecule has 9 atom stereocenters. The van der Waals surface area contributed by atoms with Gasteiger partial charge in [0.2, 0.25) is 0 Å². The number of aliphatic hydroxyl groups excluding tert-OH is 1. The molecule has 5 rings (SSSR count). The van der Waals surface area contributed by atoms with Gasteiger partial charge in [-0.05, 0) is 103 Å². The highest BCUT2D eigenvalue weighted by molar-refractivity contribution is 7.79. The Morgan fingerprint density at radius 1 is 1.22 bits per heavy atom. The van der Waals surface area contributed by atoms with Crippen LogP contribution < -0.4 is 0 Å². The first-order chi connectivity index (χ1) is 19.6. The molecule has 5 aliphatic rings. The van der Waals surface area contributed by atoms with Gasteiger partial charge in [0.25, 0.3) is 0 Å². The monoisotopic (exact) mass is 588 g/mol. The van der Waals surface area contributed by atoms with E-state index in [-0.39, 0.29) is 52.2 Å². The van der Waals surface area contributed by atoms with Crippen LogP contribution in [0, 0.1) is 39.9 Å². The van der Waals surface area contributed by atoms with Crippen LogP contribution >= 0.6 is 12.6 Å². The number of aliphatic hydroxyl groups is 1. The standard InChI is InChI=1S/C31H42O6.C2H6.CH4S/c1-5-13-36-14-9-19(2)28(35)26(34)16-25-27(37-20(3)32)17-24-23-7-6-21-15-22(33)8-10-30(21)18-31(23,30)12-11-29(24,25)4;2*1-2/h5,8,10,21,23-27,34H,1-2,6-7,9,11-18H2,3-4H3;1-2H3;2H,1H3/t21?,23?,24?,25-,26+,27?,29-,30+,31-;;/m0../s1. The van der Waals surface area contributed by atoms with Crippen LogP contribution in [0.5, 0.6) is 0 Å². The van der Waals surface area contributed by atoms with Crippen LogP contribution in [0.3, 0.4) is 0 Å². The third-order valence-corrected chi connectivity index (χ3v) is 11.1. The molecule has 0 radical (unpaired) electrons. The van der Waals surface area contributed by atoms with Gasteiger partial charge in [-0.3, -0.25) is 14.4 Å². The highest BCUT2D eigenvalue weighted by Gasteiger charge is 2.78. The number of thiol groups is 1. The second-order valence-electron chi connectivity index (χ2n) is 12.7. The fourth-order valence-electron chi connectivity index (χ4n) is 9.41. The van der Waals surface area contributed by atoms with E-state index in [4.69, 9.17) is 9.47 Å². The van der Waals surface area contributed by atoms with E-state index in [0.717, 1.165) is 32.1 Å². The number of rotatable bonds is 10. The Balaban J connectivity index is 0.00000111. The van der Waals surface area contributed by atoms with E-state index in [0.29, 0.717) is 49.4 Å². The van der Waals surface area contributed by atoms with Gasteiger partial charge in [-0.15, -0.1) is 6.58 Å². The van der Waals surface area contributed by atoms with E-state index in [1.165, 1.54) is 13.3 Å². The topological polar surface area (TPSA) is 89.9 Å². The van der Waals surface area contributed by atoms with Crippen molar-refractivity contribution in [2.24, 2.45) is 39.9 Å². The Morgan fingerprint density at radius 3 is 2.59 bits per heavy atom. The second kappa shape index (κ2) is 13.7. The van der Waals surface area contributed by atoms with Crippen molar-refractivity contribution in [2.45, 2.75) is 97.7 Å². The van der Waals surface area contributed by atoms with Gasteiger partial charge in [0.1, 0.15) is 12.2 Å². The zero-order valence-electron chi connectivity index (χ0n) is 25.8. The minimum atomic E-state index is -1.17. The third kappa shape index (κ3) is 6.05. The van der Waals surface area contributed by atoms with Gasteiger partial charge in [-0.1, -0.05) is 39.5 Å². The Morgan fingerprint density at radius 2 is 1.93 bits per heavy atom. The Kier molecular flexibility index (Phi) is 11.3. The van der Waals surface area contributed by atoms with E-state index < -0.39 is 6.10 Å². The molecule has 4 unspecified atom stereocenters. The molecule has 0 amide bonds. The summed E-state index contributed by atoms with van der Waals surface area (Å²) in [5.41, 5.74) is 0.665. The van der Waals surface area contributed by atoms with Crippen molar-refractivity contribution >= 4 is 30.2 Å². The molecule has 230 valence electrons. The van der Waals surface area contributed by atoms with Crippen LogP contribution in [-0.4, -0.2) is 54.3 Å². The fraction of sp³-hybridized carbons (Fsp3) is 0.735. The number of hydrogen-bond donors (Lipinski definition) is 2. The number of ketones is 2. The molecule has 2 spiro atoms. The molecule has 0 aliphatic heterocycles. The van der Waals surface area contributed by atoms with Gasteiger partial charge < -0.3 is 14.6 Å². The molecule has 5 aliphatic carbocycles. The maximum atomic E-state index is 13.0. The molecule has 1 N–H and O–H groups in total. The zero-order chi connectivity index (χ0) is 30.6. The Labute approximate surface area is 252 Å². The van der Waals surface area contributed by atoms with Crippen LogP contribution in [0.15, 0.2) is 37.0 Å². The summed E-state index contributed by atoms with van der Waals surface area (Å²) < 4.78 is 11.3. The number of hydrogen-bond acceptors (Lipinski definition) is 7. The quantitative estimate of drug-likeness (QED) is 0.102. The molecule has 7 heteroatoms. The van der Waals surface area contributed by atoms with Crippen molar-refractivity contribution in [2.75, 3.05) is 19.5 Å². The second-order valence-corrected chi connectivity index (χ2v) is 12.7. The lowest BCUT2D eigenvalue weighted by molar-refractivity contribution is -0.150. The van der Waals surface area contributed by atoms with Crippen LogP contribution in [0.2, 0.25) is 0 Å². The van der Waals surface area contributed by atoms with Crippen LogP contribution in [0.1, 0.15) is 85.5 Å². The maximum absolute atomic E-state index is 13.0. The SMILES string of the molecule is C=CCOCCC(=C)C(=O)[C@H](O)C[C@H]1C(OC(C)=O)CC2C3CCC4CC(=O)C=C[C@@]45C[C@@]35CC[C@@]21C.CC.CS. The molecule has 0 bridgehead atoms. The van der Waals surface area contributed by atoms with E-state index in [1.54, 1.807) is 12.3 Å². The average Bonchev–Trinajstić information content (AvgIpc) is 3.56. The van der Waals surface area contributed by atoms with Gasteiger partial charge in [-0.25, -0.2) is 0 Å². The van der Waals surface area contributed by atoms with E-state index in [1.807, 2.05) is 19.9 Å². The number of ether oxygens (including phenoxy) is 2. The van der Waals surface area contributed by atoms with E-state index in [2.05, 4.69) is 38.8 Å². The average molecular weight is 589 g/mol. The number of carbonyl (C=O) groups excluding carboxylic acids is 3. The normalized spacial score (nSPS) is 38.2. The van der Waals surface area contributed by atoms with Crippen molar-refractivity contribution in [1.82, 2.24) is 0 Å². The van der Waals surface area contributed by atoms with Crippen molar-refractivity contribution in [3.05, 3.63) is 37.0 Å². The van der Waals surface area contributed by atoms with Crippen LogP contribution in [-0.2, 0) is 23.9 Å². The van der Waals surface area contributed by atoms with Crippen LogP contribution in [0.25, 0.3) is 0 Å². The van der Waals surface area contributed by atoms with Crippen molar-refractivity contribution in [1.29, 1.82) is 0 Å². The molecular formula is C34H52O6S.